The van der Waals surface area contributed by atoms with Crippen molar-refractivity contribution in [1.29, 1.82) is 5.26 Å². The number of hydrogen-bond acceptors (Lipinski definition) is 4. The highest BCUT2D eigenvalue weighted by Gasteiger charge is 2.10. The number of nitrogens with one attached hydrogen (secondary N) is 1. The first-order valence-corrected chi connectivity index (χ1v) is 10.2. The van der Waals surface area contributed by atoms with E-state index in [1.54, 1.807) is 0 Å². The van der Waals surface area contributed by atoms with E-state index in [1.165, 1.54) is 11.8 Å². The first-order chi connectivity index (χ1) is 13.8. The van der Waals surface area contributed by atoms with Crippen LogP contribution in [0.25, 0.3) is 0 Å². The Morgan fingerprint density at radius 1 is 0.857 bits per heavy atom. The number of anilines is 1. The molecular formula is C24H21N3S. The molecule has 1 N–H and O–H groups in total. The van der Waals surface area contributed by atoms with E-state index in [-0.39, 0.29) is 0 Å². The molecule has 28 heavy (non-hydrogen) atoms. The molecule has 0 unspecified atom stereocenters. The fraction of sp³-hybridized carbons (Fsp3) is 0.0833. The predicted octanol–water partition coefficient (Wildman–Crippen LogP) is 5.73. The lowest BCUT2D eigenvalue weighted by molar-refractivity contribution is 1.17. The lowest BCUT2D eigenvalue weighted by Crippen LogP contribution is -2.07. The molecule has 3 nitrogen and oxygen atoms in total. The van der Waals surface area contributed by atoms with Gasteiger partial charge < -0.3 is 5.32 Å². The van der Waals surface area contributed by atoms with E-state index < -0.39 is 0 Å². The Bertz CT molecular complexity index is 947. The maximum atomic E-state index is 9.73. The zero-order valence-electron chi connectivity index (χ0n) is 15.7. The molecule has 0 heterocycles. The molecule has 0 amide bonds. The molecule has 0 bridgehead atoms. The van der Waals surface area contributed by atoms with Gasteiger partial charge in [0.2, 0.25) is 0 Å². The third-order valence-electron chi connectivity index (χ3n) is 4.13. The minimum absolute atomic E-state index is 0.311. The summed E-state index contributed by atoms with van der Waals surface area (Å²) in [6.07, 6.45) is 1.96. The molecule has 0 aliphatic heterocycles. The standard InChI is InChI=1S/C24H21N3S/c1-28-24(27-22-15-9-4-10-16-22)21(17-25)18-26-23(19-11-5-2-6-12-19)20-13-7-3-8-14-20/h2-16,27H,18H2,1H3/b24-21+. The smallest absolute Gasteiger partial charge is 0.0994 e. The highest BCUT2D eigenvalue weighted by molar-refractivity contribution is 8.02. The van der Waals surface area contributed by atoms with E-state index >= 15 is 0 Å². The molecule has 3 aromatic carbocycles. The number of rotatable bonds is 7. The number of nitriles is 1. The van der Waals surface area contributed by atoms with Crippen molar-refractivity contribution in [2.24, 2.45) is 4.99 Å². The van der Waals surface area contributed by atoms with Crippen molar-refractivity contribution in [3.05, 3.63) is 113 Å². The second-order valence-corrected chi connectivity index (χ2v) is 6.83. The number of benzene rings is 3. The molecule has 0 aromatic heterocycles. The van der Waals surface area contributed by atoms with E-state index in [2.05, 4.69) is 11.4 Å². The van der Waals surface area contributed by atoms with Crippen LogP contribution in [0.2, 0.25) is 0 Å². The van der Waals surface area contributed by atoms with Crippen LogP contribution in [0.1, 0.15) is 11.1 Å². The summed E-state index contributed by atoms with van der Waals surface area (Å²) in [5.74, 6) is 0. The van der Waals surface area contributed by atoms with Gasteiger partial charge in [0.25, 0.3) is 0 Å². The minimum atomic E-state index is 0.311. The maximum absolute atomic E-state index is 9.73. The van der Waals surface area contributed by atoms with Crippen molar-refractivity contribution >= 4 is 23.2 Å². The van der Waals surface area contributed by atoms with Crippen molar-refractivity contribution in [2.45, 2.75) is 0 Å². The Kier molecular flexibility index (Phi) is 7.06. The van der Waals surface area contributed by atoms with Crippen LogP contribution >= 0.6 is 11.8 Å². The quantitative estimate of drug-likeness (QED) is 0.418. The number of para-hydroxylation sites is 1. The van der Waals surface area contributed by atoms with Gasteiger partial charge >= 0.3 is 0 Å². The van der Waals surface area contributed by atoms with Gasteiger partial charge in [-0.05, 0) is 18.4 Å². The maximum Gasteiger partial charge on any atom is 0.0994 e. The Balaban J connectivity index is 1.94. The average Bonchev–Trinajstić information content (AvgIpc) is 2.77. The molecule has 3 rings (SSSR count). The van der Waals surface area contributed by atoms with Gasteiger partial charge in [0.15, 0.2) is 0 Å². The Morgan fingerprint density at radius 3 is 1.82 bits per heavy atom. The second-order valence-electron chi connectivity index (χ2n) is 6.01. The molecular weight excluding hydrogens is 362 g/mol. The molecule has 0 saturated heterocycles. The van der Waals surface area contributed by atoms with Gasteiger partial charge in [-0.3, -0.25) is 4.99 Å². The number of thioether (sulfide) groups is 1. The fourth-order valence-corrected chi connectivity index (χ4v) is 3.34. The Labute approximate surface area is 170 Å². The van der Waals surface area contributed by atoms with Crippen LogP contribution in [-0.4, -0.2) is 18.5 Å². The lowest BCUT2D eigenvalue weighted by atomic mass is 10.0. The van der Waals surface area contributed by atoms with Crippen molar-refractivity contribution in [2.75, 3.05) is 18.1 Å². The number of nitrogens with zero attached hydrogens (tertiary/aromatic N) is 2. The van der Waals surface area contributed by atoms with Crippen molar-refractivity contribution in [1.82, 2.24) is 0 Å². The van der Waals surface area contributed by atoms with E-state index in [0.717, 1.165) is 27.6 Å². The van der Waals surface area contributed by atoms with Crippen LogP contribution in [0.15, 0.2) is 107 Å². The van der Waals surface area contributed by atoms with Gasteiger partial charge in [-0.15, -0.1) is 11.8 Å². The highest BCUT2D eigenvalue weighted by atomic mass is 32.2. The summed E-state index contributed by atoms with van der Waals surface area (Å²) in [5, 5.41) is 13.9. The Hall–Kier alpha value is -3.29. The SMILES string of the molecule is CS/C(Nc1ccccc1)=C(\C#N)CN=C(c1ccccc1)c1ccccc1. The summed E-state index contributed by atoms with van der Waals surface area (Å²) in [6.45, 7) is 0.311. The van der Waals surface area contributed by atoms with Crippen LogP contribution in [0.4, 0.5) is 5.69 Å². The predicted molar refractivity (Wildman–Crippen MR) is 120 cm³/mol. The van der Waals surface area contributed by atoms with Crippen molar-refractivity contribution in [3.8, 4) is 6.07 Å². The molecule has 4 heteroatoms. The van der Waals surface area contributed by atoms with Crippen LogP contribution < -0.4 is 5.32 Å². The monoisotopic (exact) mass is 383 g/mol. The largest absolute Gasteiger partial charge is 0.349 e. The van der Waals surface area contributed by atoms with Crippen molar-refractivity contribution in [3.63, 3.8) is 0 Å². The van der Waals surface area contributed by atoms with Crippen LogP contribution in [0.3, 0.4) is 0 Å². The molecule has 0 saturated carbocycles. The molecule has 0 aliphatic carbocycles. The molecule has 0 radical (unpaired) electrons. The number of hydrogen-bond donors (Lipinski definition) is 1. The highest BCUT2D eigenvalue weighted by Crippen LogP contribution is 2.21. The lowest BCUT2D eigenvalue weighted by Gasteiger charge is -2.11. The van der Waals surface area contributed by atoms with E-state index in [9.17, 15) is 5.26 Å². The van der Waals surface area contributed by atoms with Gasteiger partial charge in [-0.1, -0.05) is 78.9 Å². The second kappa shape index (κ2) is 10.1. The third-order valence-corrected chi connectivity index (χ3v) is 4.89. The average molecular weight is 384 g/mol. The van der Waals surface area contributed by atoms with E-state index in [1.807, 2.05) is 97.3 Å². The summed E-state index contributed by atoms with van der Waals surface area (Å²) >= 11 is 1.52. The van der Waals surface area contributed by atoms with Gasteiger partial charge in [-0.2, -0.15) is 5.26 Å². The number of aliphatic imine (C=N–C) groups is 1. The first-order valence-electron chi connectivity index (χ1n) is 8.96. The summed E-state index contributed by atoms with van der Waals surface area (Å²) in [6, 6.07) is 32.3. The molecule has 0 atom stereocenters. The summed E-state index contributed by atoms with van der Waals surface area (Å²) in [5.41, 5.74) is 4.52. The summed E-state index contributed by atoms with van der Waals surface area (Å²) in [7, 11) is 0. The Morgan fingerprint density at radius 2 is 1.36 bits per heavy atom. The first kappa shape index (κ1) is 19.5. The molecule has 0 aliphatic rings. The summed E-state index contributed by atoms with van der Waals surface area (Å²) < 4.78 is 0. The van der Waals surface area contributed by atoms with E-state index in [4.69, 9.17) is 4.99 Å². The van der Waals surface area contributed by atoms with Crippen LogP contribution in [-0.2, 0) is 0 Å². The zero-order chi connectivity index (χ0) is 19.6. The fourth-order valence-electron chi connectivity index (χ4n) is 2.76. The van der Waals surface area contributed by atoms with Crippen molar-refractivity contribution < 1.29 is 0 Å². The molecule has 3 aromatic rings. The van der Waals surface area contributed by atoms with Gasteiger partial charge in [-0.25, -0.2) is 0 Å². The van der Waals surface area contributed by atoms with Crippen LogP contribution in [0, 0.1) is 11.3 Å². The third kappa shape index (κ3) is 5.12. The molecule has 0 spiro atoms. The van der Waals surface area contributed by atoms with Gasteiger partial charge in [0, 0.05) is 16.8 Å². The topological polar surface area (TPSA) is 48.2 Å². The van der Waals surface area contributed by atoms with E-state index in [0.29, 0.717) is 12.1 Å². The normalized spacial score (nSPS) is 11.1. The van der Waals surface area contributed by atoms with Gasteiger partial charge in [0.05, 0.1) is 28.9 Å². The molecule has 138 valence electrons. The minimum Gasteiger partial charge on any atom is -0.349 e. The van der Waals surface area contributed by atoms with Crippen LogP contribution in [0.5, 0.6) is 0 Å². The zero-order valence-corrected chi connectivity index (χ0v) is 16.5. The molecule has 0 fully saturated rings. The summed E-state index contributed by atoms with van der Waals surface area (Å²) in [4.78, 5) is 4.83. The van der Waals surface area contributed by atoms with Gasteiger partial charge in [0.1, 0.15) is 0 Å².